The Bertz CT molecular complexity index is 1040. The highest BCUT2D eigenvalue weighted by atomic mass is 16.2. The summed E-state index contributed by atoms with van der Waals surface area (Å²) in [5.41, 5.74) is 1.56. The lowest BCUT2D eigenvalue weighted by Gasteiger charge is -2.08. The van der Waals surface area contributed by atoms with Crippen molar-refractivity contribution in [3.8, 4) is 0 Å². The molecule has 7 nitrogen and oxygen atoms in total. The van der Waals surface area contributed by atoms with Crippen LogP contribution in [-0.4, -0.2) is 25.0 Å². The van der Waals surface area contributed by atoms with E-state index in [4.69, 9.17) is 0 Å². The van der Waals surface area contributed by atoms with E-state index in [1.165, 1.54) is 18.7 Å². The van der Waals surface area contributed by atoms with E-state index >= 15 is 0 Å². The van der Waals surface area contributed by atoms with Crippen molar-refractivity contribution in [1.29, 1.82) is 0 Å². The highest BCUT2D eigenvalue weighted by Crippen LogP contribution is 2.14. The van der Waals surface area contributed by atoms with Gasteiger partial charge in [0.25, 0.3) is 5.56 Å². The molecule has 0 aliphatic heterocycles. The monoisotopic (exact) mass is 312 g/mol. The highest BCUT2D eigenvalue weighted by Gasteiger charge is 2.18. The molecular formula is C16H16N4O3. The quantitative estimate of drug-likeness (QED) is 0.664. The van der Waals surface area contributed by atoms with Crippen LogP contribution in [-0.2, 0) is 20.6 Å². The van der Waals surface area contributed by atoms with Gasteiger partial charge in [-0.2, -0.15) is 0 Å². The van der Waals surface area contributed by atoms with E-state index in [1.807, 2.05) is 31.2 Å². The molecule has 1 aromatic carbocycles. The Kier molecular flexibility index (Phi) is 3.48. The number of aromatic nitrogens is 4. The average Bonchev–Trinajstić information content (AvgIpc) is 2.89. The van der Waals surface area contributed by atoms with Crippen molar-refractivity contribution >= 4 is 17.5 Å². The largest absolute Gasteiger partial charge is 0.332 e. The van der Waals surface area contributed by atoms with Crippen LogP contribution in [0.3, 0.4) is 0 Å². The Labute approximate surface area is 131 Å². The van der Waals surface area contributed by atoms with Crippen LogP contribution >= 0.6 is 0 Å². The molecule has 0 unspecified atom stereocenters. The molecule has 3 aromatic rings. The van der Waals surface area contributed by atoms with Gasteiger partial charge in [0, 0.05) is 14.1 Å². The Balaban J connectivity index is 2.33. The first-order valence-corrected chi connectivity index (χ1v) is 7.11. The van der Waals surface area contributed by atoms with Crippen LogP contribution in [0.15, 0.2) is 33.9 Å². The number of nitrogens with zero attached hydrogens (tertiary/aromatic N) is 4. The molecule has 7 heteroatoms. The van der Waals surface area contributed by atoms with Gasteiger partial charge in [-0.15, -0.1) is 0 Å². The van der Waals surface area contributed by atoms with Gasteiger partial charge >= 0.3 is 5.69 Å². The number of imidazole rings is 1. The van der Waals surface area contributed by atoms with E-state index < -0.39 is 11.2 Å². The van der Waals surface area contributed by atoms with Gasteiger partial charge in [-0.3, -0.25) is 18.7 Å². The Morgan fingerprint density at radius 3 is 2.57 bits per heavy atom. The molecule has 0 N–H and O–H groups in total. The number of hydrogen-bond acceptors (Lipinski definition) is 4. The highest BCUT2D eigenvalue weighted by molar-refractivity contribution is 5.80. The van der Waals surface area contributed by atoms with Crippen molar-refractivity contribution in [3.05, 3.63) is 62.1 Å². The number of aryl methyl sites for hydroxylation is 2. The van der Waals surface area contributed by atoms with E-state index in [0.717, 1.165) is 15.7 Å². The van der Waals surface area contributed by atoms with Crippen LogP contribution in [0, 0.1) is 6.92 Å². The Hall–Kier alpha value is -2.96. The lowest BCUT2D eigenvalue weighted by atomic mass is 10.1. The summed E-state index contributed by atoms with van der Waals surface area (Å²) < 4.78 is 3.85. The first-order valence-electron chi connectivity index (χ1n) is 7.11. The third-order valence-corrected chi connectivity index (χ3v) is 3.91. The third-order valence-electron chi connectivity index (χ3n) is 3.91. The summed E-state index contributed by atoms with van der Waals surface area (Å²) in [6.45, 7) is 2.30. The molecule has 0 bridgehead atoms. The van der Waals surface area contributed by atoms with Crippen LogP contribution in [0.25, 0.3) is 11.2 Å². The molecule has 118 valence electrons. The second-order valence-electron chi connectivity index (χ2n) is 5.54. The van der Waals surface area contributed by atoms with Gasteiger partial charge in [0.05, 0.1) is 6.54 Å². The maximum absolute atomic E-state index is 12.5. The maximum Gasteiger partial charge on any atom is 0.332 e. The molecule has 2 heterocycles. The normalized spacial score (nSPS) is 11.1. The van der Waals surface area contributed by atoms with Gasteiger partial charge in [0.1, 0.15) is 0 Å². The van der Waals surface area contributed by atoms with E-state index in [1.54, 1.807) is 4.57 Å². The van der Waals surface area contributed by atoms with E-state index in [-0.39, 0.29) is 17.0 Å². The fraction of sp³-hybridized carbons (Fsp3) is 0.250. The minimum Gasteiger partial charge on any atom is -0.311 e. The molecule has 0 saturated carbocycles. The summed E-state index contributed by atoms with van der Waals surface area (Å²) in [5, 5.41) is 0. The molecule has 23 heavy (non-hydrogen) atoms. The molecule has 0 spiro atoms. The second kappa shape index (κ2) is 5.35. The minimum absolute atomic E-state index is 0.125. The lowest BCUT2D eigenvalue weighted by Crippen LogP contribution is -2.37. The summed E-state index contributed by atoms with van der Waals surface area (Å²) in [7, 11) is 2.94. The van der Waals surface area contributed by atoms with Crippen LogP contribution in [0.5, 0.6) is 0 Å². The van der Waals surface area contributed by atoms with E-state index in [2.05, 4.69) is 4.98 Å². The number of carbonyl (C=O) groups is 1. The minimum atomic E-state index is -0.472. The molecule has 0 atom stereocenters. The van der Waals surface area contributed by atoms with E-state index in [9.17, 15) is 14.4 Å². The summed E-state index contributed by atoms with van der Waals surface area (Å²) in [6, 6.07) is 7.78. The fourth-order valence-corrected chi connectivity index (χ4v) is 2.71. The number of rotatable bonds is 3. The lowest BCUT2D eigenvalue weighted by molar-refractivity contribution is 0.111. The first kappa shape index (κ1) is 15.0. The van der Waals surface area contributed by atoms with Crippen LogP contribution in [0.2, 0.25) is 0 Å². The number of carbonyl (C=O) groups excluding carboxylic acids is 1. The van der Waals surface area contributed by atoms with E-state index in [0.29, 0.717) is 12.8 Å². The third kappa shape index (κ3) is 2.30. The first-order chi connectivity index (χ1) is 10.9. The standard InChI is InChI=1S/C16H16N4O3/c1-10-5-4-6-11(7-10)8-20-12(9-21)17-14-13(20)15(22)19(3)16(23)18(14)2/h4-7,9H,8H2,1-3H3. The predicted octanol–water partition coefficient (Wildman–Crippen LogP) is 0.603. The molecule has 0 aliphatic carbocycles. The SMILES string of the molecule is Cc1cccc(Cn2c(C=O)nc3c2c(=O)n(C)c(=O)n3C)c1. The zero-order valence-electron chi connectivity index (χ0n) is 13.1. The summed E-state index contributed by atoms with van der Waals surface area (Å²) >= 11 is 0. The van der Waals surface area contributed by atoms with Crippen molar-refractivity contribution in [2.45, 2.75) is 13.5 Å². The number of fused-ring (bicyclic) bond motifs is 1. The molecule has 0 amide bonds. The molecule has 3 rings (SSSR count). The average molecular weight is 312 g/mol. The van der Waals surface area contributed by atoms with Crippen molar-refractivity contribution in [3.63, 3.8) is 0 Å². The van der Waals surface area contributed by atoms with Gasteiger partial charge in [0.15, 0.2) is 23.3 Å². The van der Waals surface area contributed by atoms with Gasteiger partial charge < -0.3 is 4.57 Å². The number of benzene rings is 1. The van der Waals surface area contributed by atoms with Crippen LogP contribution < -0.4 is 11.2 Å². The van der Waals surface area contributed by atoms with Crippen LogP contribution in [0.1, 0.15) is 21.7 Å². The zero-order chi connectivity index (χ0) is 16.7. The summed E-state index contributed by atoms with van der Waals surface area (Å²) in [5.74, 6) is 0.125. The van der Waals surface area contributed by atoms with Crippen molar-refractivity contribution in [2.75, 3.05) is 0 Å². The smallest absolute Gasteiger partial charge is 0.311 e. The van der Waals surface area contributed by atoms with Crippen molar-refractivity contribution < 1.29 is 4.79 Å². The topological polar surface area (TPSA) is 78.9 Å². The zero-order valence-corrected chi connectivity index (χ0v) is 13.1. The van der Waals surface area contributed by atoms with Crippen molar-refractivity contribution in [2.24, 2.45) is 14.1 Å². The van der Waals surface area contributed by atoms with Gasteiger partial charge in [-0.05, 0) is 12.5 Å². The van der Waals surface area contributed by atoms with Gasteiger partial charge in [0.2, 0.25) is 0 Å². The fourth-order valence-electron chi connectivity index (χ4n) is 2.71. The molecule has 0 aliphatic rings. The number of hydrogen-bond donors (Lipinski definition) is 0. The summed E-state index contributed by atoms with van der Waals surface area (Å²) in [6.07, 6.45) is 0.597. The molecular weight excluding hydrogens is 296 g/mol. The van der Waals surface area contributed by atoms with Gasteiger partial charge in [-0.25, -0.2) is 9.78 Å². The molecule has 0 saturated heterocycles. The number of aldehydes is 1. The Morgan fingerprint density at radius 2 is 1.91 bits per heavy atom. The summed E-state index contributed by atoms with van der Waals surface area (Å²) in [4.78, 5) is 40.0. The Morgan fingerprint density at radius 1 is 1.17 bits per heavy atom. The van der Waals surface area contributed by atoms with Gasteiger partial charge in [-0.1, -0.05) is 29.8 Å². The predicted molar refractivity (Wildman–Crippen MR) is 85.9 cm³/mol. The molecule has 0 fully saturated rings. The second-order valence-corrected chi connectivity index (χ2v) is 5.54. The van der Waals surface area contributed by atoms with Crippen LogP contribution in [0.4, 0.5) is 0 Å². The molecule has 0 radical (unpaired) electrons. The maximum atomic E-state index is 12.5. The molecule has 2 aromatic heterocycles. The van der Waals surface area contributed by atoms with Crippen molar-refractivity contribution in [1.82, 2.24) is 18.7 Å².